The summed E-state index contributed by atoms with van der Waals surface area (Å²) in [5.41, 5.74) is 1.82. The molecule has 0 radical (unpaired) electrons. The first-order valence-electron chi connectivity index (χ1n) is 3.18. The monoisotopic (exact) mass is 169 g/mol. The van der Waals surface area contributed by atoms with Gasteiger partial charge in [-0.1, -0.05) is 40.5 Å². The van der Waals surface area contributed by atoms with Crippen molar-refractivity contribution in [1.82, 2.24) is 0 Å². The fraction of sp³-hybridized carbons (Fsp3) is 0.125. The Kier molecular flexibility index (Phi) is 2.49. The number of aryl methyl sites for hydroxylation is 1. The molecular formula is C8H8ClNO. The molecule has 11 heavy (non-hydrogen) atoms. The molecule has 0 saturated carbocycles. The van der Waals surface area contributed by atoms with E-state index in [-0.39, 0.29) is 5.17 Å². The van der Waals surface area contributed by atoms with Gasteiger partial charge in [-0.05, 0) is 13.0 Å². The molecule has 3 heteroatoms. The van der Waals surface area contributed by atoms with Crippen LogP contribution in [-0.4, -0.2) is 10.4 Å². The number of hydrogen-bond acceptors (Lipinski definition) is 2. The molecule has 0 spiro atoms. The molecule has 2 nitrogen and oxygen atoms in total. The zero-order valence-corrected chi connectivity index (χ0v) is 6.84. The molecule has 0 amide bonds. The first-order chi connectivity index (χ1) is 5.24. The number of nitrogens with zero attached hydrogens (tertiary/aromatic N) is 1. The van der Waals surface area contributed by atoms with Crippen molar-refractivity contribution in [1.29, 1.82) is 0 Å². The smallest absolute Gasteiger partial charge is 0.175 e. The second kappa shape index (κ2) is 3.39. The van der Waals surface area contributed by atoms with Gasteiger partial charge in [0.1, 0.15) is 0 Å². The van der Waals surface area contributed by atoms with Crippen molar-refractivity contribution in [3.8, 4) is 0 Å². The van der Waals surface area contributed by atoms with E-state index in [1.54, 1.807) is 6.07 Å². The summed E-state index contributed by atoms with van der Waals surface area (Å²) in [5, 5.41) is 11.3. The van der Waals surface area contributed by atoms with Gasteiger partial charge in [0.2, 0.25) is 0 Å². The Morgan fingerprint density at radius 1 is 1.55 bits per heavy atom. The van der Waals surface area contributed by atoms with Crippen LogP contribution in [0.2, 0.25) is 0 Å². The summed E-state index contributed by atoms with van der Waals surface area (Å²) in [4.78, 5) is 0. The average Bonchev–Trinajstić information content (AvgIpc) is 2.03. The zero-order chi connectivity index (χ0) is 8.27. The topological polar surface area (TPSA) is 32.6 Å². The highest BCUT2D eigenvalue weighted by Crippen LogP contribution is 2.07. The normalized spacial score (nSPS) is 11.6. The van der Waals surface area contributed by atoms with E-state index < -0.39 is 0 Å². The Balaban J connectivity index is 3.06. The van der Waals surface area contributed by atoms with Crippen LogP contribution in [0.1, 0.15) is 11.1 Å². The minimum atomic E-state index is 0.119. The molecule has 0 aliphatic heterocycles. The molecule has 0 aromatic heterocycles. The van der Waals surface area contributed by atoms with Crippen LogP contribution in [0, 0.1) is 6.92 Å². The Bertz CT molecular complexity index is 283. The van der Waals surface area contributed by atoms with E-state index in [9.17, 15) is 0 Å². The van der Waals surface area contributed by atoms with Gasteiger partial charge >= 0.3 is 0 Å². The third-order valence-electron chi connectivity index (χ3n) is 1.34. The largest absolute Gasteiger partial charge is 0.410 e. The summed E-state index contributed by atoms with van der Waals surface area (Å²) >= 11 is 5.56. The molecule has 0 aliphatic rings. The van der Waals surface area contributed by atoms with E-state index in [1.807, 2.05) is 25.1 Å². The highest BCUT2D eigenvalue weighted by Gasteiger charge is 1.98. The Morgan fingerprint density at radius 2 is 2.27 bits per heavy atom. The number of halogens is 1. The van der Waals surface area contributed by atoms with Crippen LogP contribution in [0.25, 0.3) is 0 Å². The van der Waals surface area contributed by atoms with E-state index in [0.29, 0.717) is 0 Å². The molecular weight excluding hydrogens is 162 g/mol. The van der Waals surface area contributed by atoms with Gasteiger partial charge in [0, 0.05) is 5.56 Å². The van der Waals surface area contributed by atoms with Crippen LogP contribution in [0.4, 0.5) is 0 Å². The van der Waals surface area contributed by atoms with Gasteiger partial charge in [0.25, 0.3) is 0 Å². The summed E-state index contributed by atoms with van der Waals surface area (Å²) in [6.07, 6.45) is 0. The third kappa shape index (κ3) is 1.95. The van der Waals surface area contributed by atoms with Crippen molar-refractivity contribution >= 4 is 16.8 Å². The van der Waals surface area contributed by atoms with Crippen LogP contribution in [0.5, 0.6) is 0 Å². The van der Waals surface area contributed by atoms with Gasteiger partial charge in [-0.15, -0.1) is 0 Å². The van der Waals surface area contributed by atoms with Crippen molar-refractivity contribution < 1.29 is 5.21 Å². The second-order valence-electron chi connectivity index (χ2n) is 2.26. The van der Waals surface area contributed by atoms with E-state index in [1.165, 1.54) is 0 Å². The van der Waals surface area contributed by atoms with Gasteiger partial charge in [-0.2, -0.15) is 0 Å². The molecule has 58 valence electrons. The highest BCUT2D eigenvalue weighted by atomic mass is 35.5. The maximum atomic E-state index is 8.34. The third-order valence-corrected chi connectivity index (χ3v) is 1.64. The maximum Gasteiger partial charge on any atom is 0.175 e. The standard InChI is InChI=1S/C8H8ClNO/c1-6-3-2-4-7(5-6)8(9)10-11/h2-5,11H,1H3/b10-8-. The van der Waals surface area contributed by atoms with Gasteiger partial charge < -0.3 is 5.21 Å². The summed E-state index contributed by atoms with van der Waals surface area (Å²) < 4.78 is 0. The van der Waals surface area contributed by atoms with Crippen molar-refractivity contribution in [2.75, 3.05) is 0 Å². The predicted octanol–water partition coefficient (Wildman–Crippen LogP) is 2.37. The molecule has 1 N–H and O–H groups in total. The van der Waals surface area contributed by atoms with Gasteiger partial charge in [-0.25, -0.2) is 0 Å². The number of rotatable bonds is 1. The predicted molar refractivity (Wildman–Crippen MR) is 45.4 cm³/mol. The number of hydrogen-bond donors (Lipinski definition) is 1. The minimum absolute atomic E-state index is 0.119. The maximum absolute atomic E-state index is 8.34. The Hall–Kier alpha value is -1.02. The molecule has 0 saturated heterocycles. The number of benzene rings is 1. The Labute approximate surface area is 70.1 Å². The lowest BCUT2D eigenvalue weighted by molar-refractivity contribution is 0.321. The molecule has 0 heterocycles. The summed E-state index contributed by atoms with van der Waals surface area (Å²) in [6.45, 7) is 1.95. The van der Waals surface area contributed by atoms with Crippen molar-refractivity contribution in [3.63, 3.8) is 0 Å². The lowest BCUT2D eigenvalue weighted by Gasteiger charge is -1.96. The molecule has 0 fully saturated rings. The highest BCUT2D eigenvalue weighted by molar-refractivity contribution is 6.69. The Morgan fingerprint density at radius 3 is 2.82 bits per heavy atom. The SMILES string of the molecule is Cc1cccc(/C(Cl)=N/O)c1. The van der Waals surface area contributed by atoms with E-state index in [2.05, 4.69) is 5.16 Å². The quantitative estimate of drug-likeness (QED) is 0.391. The lowest BCUT2D eigenvalue weighted by atomic mass is 10.1. The zero-order valence-electron chi connectivity index (χ0n) is 6.08. The summed E-state index contributed by atoms with van der Waals surface area (Å²) in [7, 11) is 0. The van der Waals surface area contributed by atoms with Crippen molar-refractivity contribution in [2.45, 2.75) is 6.92 Å². The van der Waals surface area contributed by atoms with Crippen LogP contribution < -0.4 is 0 Å². The lowest BCUT2D eigenvalue weighted by Crippen LogP contribution is -1.90. The van der Waals surface area contributed by atoms with Crippen LogP contribution in [0.3, 0.4) is 0 Å². The van der Waals surface area contributed by atoms with E-state index in [4.69, 9.17) is 16.8 Å². The second-order valence-corrected chi connectivity index (χ2v) is 2.62. The molecule has 0 bridgehead atoms. The first kappa shape index (κ1) is 8.08. The minimum Gasteiger partial charge on any atom is -0.410 e. The van der Waals surface area contributed by atoms with E-state index in [0.717, 1.165) is 11.1 Å². The fourth-order valence-electron chi connectivity index (χ4n) is 0.831. The first-order valence-corrected chi connectivity index (χ1v) is 3.56. The van der Waals surface area contributed by atoms with Crippen LogP contribution in [0.15, 0.2) is 29.4 Å². The van der Waals surface area contributed by atoms with Gasteiger partial charge in [0.05, 0.1) is 0 Å². The van der Waals surface area contributed by atoms with Crippen LogP contribution in [-0.2, 0) is 0 Å². The van der Waals surface area contributed by atoms with E-state index >= 15 is 0 Å². The number of oxime groups is 1. The van der Waals surface area contributed by atoms with Crippen molar-refractivity contribution in [2.24, 2.45) is 5.16 Å². The van der Waals surface area contributed by atoms with Crippen molar-refractivity contribution in [3.05, 3.63) is 35.4 Å². The van der Waals surface area contributed by atoms with Crippen LogP contribution >= 0.6 is 11.6 Å². The molecule has 0 atom stereocenters. The molecule has 1 aromatic rings. The van der Waals surface area contributed by atoms with Gasteiger partial charge in [-0.3, -0.25) is 0 Å². The van der Waals surface area contributed by atoms with Gasteiger partial charge in [0.15, 0.2) is 5.17 Å². The average molecular weight is 170 g/mol. The summed E-state index contributed by atoms with van der Waals surface area (Å²) in [6, 6.07) is 7.44. The molecule has 0 unspecified atom stereocenters. The molecule has 1 aromatic carbocycles. The molecule has 1 rings (SSSR count). The summed E-state index contributed by atoms with van der Waals surface area (Å²) in [5.74, 6) is 0. The fourth-order valence-corrected chi connectivity index (χ4v) is 0.949. The molecule has 0 aliphatic carbocycles.